The highest BCUT2D eigenvalue weighted by Crippen LogP contribution is 2.33. The highest BCUT2D eigenvalue weighted by atomic mass is 15.2. The Balaban J connectivity index is 2.49. The molecule has 0 aliphatic carbocycles. The fourth-order valence-electron chi connectivity index (χ4n) is 2.53. The third-order valence-corrected chi connectivity index (χ3v) is 3.41. The third kappa shape index (κ3) is 2.53. The van der Waals surface area contributed by atoms with E-state index in [1.165, 1.54) is 16.7 Å². The summed E-state index contributed by atoms with van der Waals surface area (Å²) in [6.07, 6.45) is 0. The molecule has 1 aromatic rings. The lowest BCUT2D eigenvalue weighted by Crippen LogP contribution is -2.18. The predicted molar refractivity (Wildman–Crippen MR) is 71.7 cm³/mol. The number of rotatable bonds is 3. The summed E-state index contributed by atoms with van der Waals surface area (Å²) in [7, 11) is 0. The minimum atomic E-state index is 0.367. The fourth-order valence-corrected chi connectivity index (χ4v) is 2.53. The van der Waals surface area contributed by atoms with E-state index in [1.54, 1.807) is 0 Å². The van der Waals surface area contributed by atoms with Crippen molar-refractivity contribution in [3.63, 3.8) is 0 Å². The number of hydrogen-bond donors (Lipinski definition) is 2. The van der Waals surface area contributed by atoms with Gasteiger partial charge in [0.1, 0.15) is 6.67 Å². The van der Waals surface area contributed by atoms with E-state index in [4.69, 9.17) is 0 Å². The Labute approximate surface area is 105 Å². The van der Waals surface area contributed by atoms with Crippen LogP contribution in [0.25, 0.3) is 0 Å². The van der Waals surface area contributed by atoms with E-state index in [0.29, 0.717) is 17.9 Å². The van der Waals surface area contributed by atoms with Crippen LogP contribution in [0.5, 0.6) is 0 Å². The molecule has 0 amide bonds. The van der Waals surface area contributed by atoms with Crippen molar-refractivity contribution in [2.45, 2.75) is 45.6 Å². The van der Waals surface area contributed by atoms with Crippen molar-refractivity contribution < 1.29 is 0 Å². The molecule has 1 fully saturated rings. The van der Waals surface area contributed by atoms with E-state index < -0.39 is 0 Å². The van der Waals surface area contributed by atoms with Crippen LogP contribution >= 0.6 is 0 Å². The van der Waals surface area contributed by atoms with Crippen LogP contribution in [0.15, 0.2) is 18.2 Å². The first kappa shape index (κ1) is 12.6. The first-order chi connectivity index (χ1) is 8.11. The van der Waals surface area contributed by atoms with E-state index in [2.05, 4.69) is 63.2 Å². The maximum absolute atomic E-state index is 3.30. The van der Waals surface area contributed by atoms with E-state index in [0.717, 1.165) is 6.54 Å². The molecule has 2 nitrogen and oxygen atoms in total. The Morgan fingerprint density at radius 2 is 1.71 bits per heavy atom. The predicted octanol–water partition coefficient (Wildman–Crippen LogP) is 3.16. The first-order valence-corrected chi connectivity index (χ1v) is 6.47. The summed E-state index contributed by atoms with van der Waals surface area (Å²) in [5.41, 5.74) is 4.38. The zero-order valence-electron chi connectivity index (χ0n) is 11.2. The average Bonchev–Trinajstić information content (AvgIpc) is 2.80. The molecule has 2 heteroatoms. The van der Waals surface area contributed by atoms with Crippen molar-refractivity contribution in [2.24, 2.45) is 0 Å². The molecule has 17 heavy (non-hydrogen) atoms. The molecule has 0 aromatic heterocycles. The summed E-state index contributed by atoms with van der Waals surface area (Å²) >= 11 is 0. The maximum atomic E-state index is 3.30. The zero-order valence-corrected chi connectivity index (χ0v) is 11.2. The normalized spacial score (nSPS) is 20.5. The molecule has 0 spiro atoms. The molecule has 2 rings (SSSR count). The van der Waals surface area contributed by atoms with Crippen LogP contribution in [0, 0.1) is 6.67 Å². The van der Waals surface area contributed by atoms with Gasteiger partial charge in [-0.2, -0.15) is 0 Å². The second-order valence-electron chi connectivity index (χ2n) is 5.36. The molecule has 0 saturated carbocycles. The lowest BCUT2D eigenvalue weighted by atomic mass is 9.85. The highest BCUT2D eigenvalue weighted by Gasteiger charge is 2.24. The van der Waals surface area contributed by atoms with E-state index >= 15 is 0 Å². The number of benzene rings is 1. The third-order valence-electron chi connectivity index (χ3n) is 3.41. The average molecular weight is 230 g/mol. The summed E-state index contributed by atoms with van der Waals surface area (Å²) in [5.74, 6) is 1.12. The van der Waals surface area contributed by atoms with Crippen molar-refractivity contribution in [1.82, 2.24) is 10.6 Å². The van der Waals surface area contributed by atoms with Crippen LogP contribution in [-0.2, 0) is 0 Å². The van der Waals surface area contributed by atoms with Crippen LogP contribution in [0.2, 0.25) is 0 Å². The molecule has 1 saturated heterocycles. The minimum Gasteiger partial charge on any atom is -0.292 e. The largest absolute Gasteiger partial charge is 0.292 e. The molecule has 1 heterocycles. The van der Waals surface area contributed by atoms with Gasteiger partial charge in [0.2, 0.25) is 0 Å². The van der Waals surface area contributed by atoms with Gasteiger partial charge in [0.25, 0.3) is 0 Å². The Kier molecular flexibility index (Phi) is 3.85. The molecule has 1 aliphatic heterocycles. The van der Waals surface area contributed by atoms with Gasteiger partial charge in [0.15, 0.2) is 0 Å². The van der Waals surface area contributed by atoms with Gasteiger partial charge < -0.3 is 0 Å². The monoisotopic (exact) mass is 230 g/mol. The lowest BCUT2D eigenvalue weighted by Gasteiger charge is -2.23. The first-order valence-electron chi connectivity index (χ1n) is 6.47. The molecule has 2 N–H and O–H groups in total. The summed E-state index contributed by atoms with van der Waals surface area (Å²) in [6.45, 7) is 13.0. The van der Waals surface area contributed by atoms with Crippen molar-refractivity contribution in [3.8, 4) is 0 Å². The molecule has 1 atom stereocenters. The second-order valence-corrected chi connectivity index (χ2v) is 5.36. The topological polar surface area (TPSA) is 24.1 Å². The molecule has 2 radical (unpaired) electrons. The quantitative estimate of drug-likeness (QED) is 0.833. The van der Waals surface area contributed by atoms with Gasteiger partial charge in [0, 0.05) is 12.6 Å². The van der Waals surface area contributed by atoms with Crippen LogP contribution in [-0.4, -0.2) is 6.54 Å². The van der Waals surface area contributed by atoms with E-state index in [-0.39, 0.29) is 0 Å². The van der Waals surface area contributed by atoms with Crippen LogP contribution < -0.4 is 10.6 Å². The summed E-state index contributed by atoms with van der Waals surface area (Å²) in [6, 6.07) is 7.06. The van der Waals surface area contributed by atoms with Gasteiger partial charge in [-0.3, -0.25) is 10.6 Å². The summed E-state index contributed by atoms with van der Waals surface area (Å²) in [4.78, 5) is 0. The van der Waals surface area contributed by atoms with E-state index in [9.17, 15) is 0 Å². The standard InChI is InChI=1S/C15H22N2/c1-10(2)12-6-5-7-13(11(3)4)15(12)14-8-16-9-17-14/h5-7,10-11,14,16-17H,8H2,1-4H3. The molecule has 1 aliphatic rings. The summed E-state index contributed by atoms with van der Waals surface area (Å²) < 4.78 is 0. The maximum Gasteiger partial charge on any atom is 0.141 e. The number of nitrogens with one attached hydrogen (secondary N) is 2. The van der Waals surface area contributed by atoms with Crippen LogP contribution in [0.4, 0.5) is 0 Å². The van der Waals surface area contributed by atoms with Crippen molar-refractivity contribution in [1.29, 1.82) is 0 Å². The van der Waals surface area contributed by atoms with Crippen molar-refractivity contribution >= 4 is 0 Å². The SMILES string of the molecule is CC(C)c1cccc(C(C)C)c1C1CN[C]N1. The molecule has 0 bridgehead atoms. The van der Waals surface area contributed by atoms with Gasteiger partial charge >= 0.3 is 0 Å². The van der Waals surface area contributed by atoms with Crippen LogP contribution in [0.3, 0.4) is 0 Å². The second kappa shape index (κ2) is 5.19. The van der Waals surface area contributed by atoms with Crippen molar-refractivity contribution in [2.75, 3.05) is 6.54 Å². The fraction of sp³-hybridized carbons (Fsp3) is 0.533. The Hall–Kier alpha value is -0.860. The smallest absolute Gasteiger partial charge is 0.141 e. The molecule has 92 valence electrons. The Bertz CT molecular complexity index is 350. The molecular formula is C15H22N2. The molecular weight excluding hydrogens is 208 g/mol. The van der Waals surface area contributed by atoms with Gasteiger partial charge in [-0.05, 0) is 28.5 Å². The van der Waals surface area contributed by atoms with Gasteiger partial charge in [0.05, 0.1) is 0 Å². The molecule has 1 unspecified atom stereocenters. The van der Waals surface area contributed by atoms with Crippen LogP contribution in [0.1, 0.15) is 62.3 Å². The molecule has 1 aromatic carbocycles. The number of hydrogen-bond acceptors (Lipinski definition) is 2. The lowest BCUT2D eigenvalue weighted by molar-refractivity contribution is 0.656. The minimum absolute atomic E-state index is 0.367. The highest BCUT2D eigenvalue weighted by molar-refractivity contribution is 5.42. The van der Waals surface area contributed by atoms with E-state index in [1.807, 2.05) is 0 Å². The zero-order chi connectivity index (χ0) is 12.4. The van der Waals surface area contributed by atoms with Crippen molar-refractivity contribution in [3.05, 3.63) is 41.6 Å². The Morgan fingerprint density at radius 3 is 2.12 bits per heavy atom. The van der Waals surface area contributed by atoms with Gasteiger partial charge in [-0.1, -0.05) is 45.9 Å². The Morgan fingerprint density at radius 1 is 1.12 bits per heavy atom. The summed E-state index contributed by atoms with van der Waals surface area (Å²) in [5, 5.41) is 6.44. The van der Waals surface area contributed by atoms with Gasteiger partial charge in [-0.15, -0.1) is 0 Å². The van der Waals surface area contributed by atoms with Gasteiger partial charge in [-0.25, -0.2) is 0 Å².